The van der Waals surface area contributed by atoms with Crippen LogP contribution in [0.2, 0.25) is 0 Å². The first kappa shape index (κ1) is 11.5. The number of benzene rings is 1. The third-order valence-corrected chi connectivity index (χ3v) is 2.18. The molecule has 1 rings (SSSR count). The van der Waals surface area contributed by atoms with Crippen LogP contribution in [0.15, 0.2) is 29.4 Å². The zero-order valence-corrected chi connectivity index (χ0v) is 8.86. The SMILES string of the molecule is COC(=O)C(=NO)c1ccccc1CCl. The maximum atomic E-state index is 11.3. The lowest BCUT2D eigenvalue weighted by Crippen LogP contribution is -2.18. The third-order valence-electron chi connectivity index (χ3n) is 1.90. The summed E-state index contributed by atoms with van der Waals surface area (Å²) in [4.78, 5) is 11.3. The normalized spacial score (nSPS) is 11.2. The van der Waals surface area contributed by atoms with Crippen LogP contribution < -0.4 is 0 Å². The number of nitrogens with zero attached hydrogens (tertiary/aromatic N) is 1. The summed E-state index contributed by atoms with van der Waals surface area (Å²) in [5.41, 5.74) is 1.04. The number of methoxy groups -OCH3 is 1. The number of esters is 1. The molecule has 0 fully saturated rings. The second-order valence-electron chi connectivity index (χ2n) is 2.73. The number of carbonyl (C=O) groups is 1. The largest absolute Gasteiger partial charge is 0.464 e. The van der Waals surface area contributed by atoms with Gasteiger partial charge in [-0.1, -0.05) is 29.4 Å². The predicted octanol–water partition coefficient (Wildman–Crippen LogP) is 1.78. The summed E-state index contributed by atoms with van der Waals surface area (Å²) in [6, 6.07) is 6.90. The second-order valence-corrected chi connectivity index (χ2v) is 3.00. The van der Waals surface area contributed by atoms with Gasteiger partial charge in [0.25, 0.3) is 0 Å². The Morgan fingerprint density at radius 1 is 1.53 bits per heavy atom. The number of oxime groups is 1. The highest BCUT2D eigenvalue weighted by molar-refractivity contribution is 6.43. The molecule has 0 saturated carbocycles. The molecule has 1 aromatic carbocycles. The van der Waals surface area contributed by atoms with E-state index in [0.29, 0.717) is 11.1 Å². The molecule has 80 valence electrons. The van der Waals surface area contributed by atoms with Gasteiger partial charge in [-0.2, -0.15) is 0 Å². The van der Waals surface area contributed by atoms with Crippen molar-refractivity contribution in [3.8, 4) is 0 Å². The van der Waals surface area contributed by atoms with Gasteiger partial charge in [0, 0.05) is 11.4 Å². The zero-order chi connectivity index (χ0) is 11.3. The van der Waals surface area contributed by atoms with Gasteiger partial charge in [0.1, 0.15) is 0 Å². The molecule has 0 atom stereocenters. The third kappa shape index (κ3) is 2.47. The predicted molar refractivity (Wildman–Crippen MR) is 56.3 cm³/mol. The fraction of sp³-hybridized carbons (Fsp3) is 0.200. The lowest BCUT2D eigenvalue weighted by Gasteiger charge is -2.06. The van der Waals surface area contributed by atoms with Crippen molar-refractivity contribution >= 4 is 23.3 Å². The van der Waals surface area contributed by atoms with Crippen LogP contribution in [-0.4, -0.2) is 24.0 Å². The first-order chi connectivity index (χ1) is 7.24. The van der Waals surface area contributed by atoms with Crippen LogP contribution >= 0.6 is 11.6 Å². The number of hydrogen-bond donors (Lipinski definition) is 1. The molecule has 0 aromatic heterocycles. The summed E-state index contributed by atoms with van der Waals surface area (Å²) >= 11 is 5.69. The van der Waals surface area contributed by atoms with Gasteiger partial charge in [0.05, 0.1) is 7.11 Å². The van der Waals surface area contributed by atoms with Gasteiger partial charge in [0.15, 0.2) is 5.71 Å². The summed E-state index contributed by atoms with van der Waals surface area (Å²) in [6.45, 7) is 0. The van der Waals surface area contributed by atoms with Gasteiger partial charge in [-0.25, -0.2) is 4.79 Å². The molecule has 0 amide bonds. The van der Waals surface area contributed by atoms with Crippen molar-refractivity contribution in [2.24, 2.45) is 5.16 Å². The topological polar surface area (TPSA) is 58.9 Å². The zero-order valence-electron chi connectivity index (χ0n) is 8.11. The van der Waals surface area contributed by atoms with Crippen LogP contribution in [0.4, 0.5) is 0 Å². The Labute approximate surface area is 92.1 Å². The standard InChI is InChI=1S/C10H10ClNO3/c1-15-10(13)9(12-14)8-5-3-2-4-7(8)6-11/h2-5,14H,6H2,1H3. The molecule has 0 aliphatic carbocycles. The lowest BCUT2D eigenvalue weighted by molar-refractivity contribution is -0.132. The van der Waals surface area contributed by atoms with Crippen molar-refractivity contribution in [2.45, 2.75) is 5.88 Å². The Bertz CT molecular complexity index is 390. The molecule has 1 aromatic rings. The summed E-state index contributed by atoms with van der Waals surface area (Å²) in [5.74, 6) is -0.471. The molecule has 0 spiro atoms. The van der Waals surface area contributed by atoms with Crippen molar-refractivity contribution in [3.63, 3.8) is 0 Å². The van der Waals surface area contributed by atoms with Crippen LogP contribution in [0.1, 0.15) is 11.1 Å². The van der Waals surface area contributed by atoms with Gasteiger partial charge in [-0.05, 0) is 5.56 Å². The number of alkyl halides is 1. The average molecular weight is 228 g/mol. The van der Waals surface area contributed by atoms with Crippen molar-refractivity contribution in [2.75, 3.05) is 7.11 Å². The molecule has 0 aliphatic heterocycles. The molecule has 0 saturated heterocycles. The van der Waals surface area contributed by atoms with E-state index in [2.05, 4.69) is 9.89 Å². The van der Waals surface area contributed by atoms with Crippen LogP contribution in [0.3, 0.4) is 0 Å². The molecular weight excluding hydrogens is 218 g/mol. The second kappa shape index (κ2) is 5.36. The van der Waals surface area contributed by atoms with E-state index in [4.69, 9.17) is 16.8 Å². The summed E-state index contributed by atoms with van der Waals surface area (Å²) in [7, 11) is 1.22. The van der Waals surface area contributed by atoms with Crippen molar-refractivity contribution in [3.05, 3.63) is 35.4 Å². The van der Waals surface area contributed by atoms with Gasteiger partial charge < -0.3 is 9.94 Å². The Morgan fingerprint density at radius 2 is 2.20 bits per heavy atom. The molecule has 0 bridgehead atoms. The van der Waals surface area contributed by atoms with Crippen molar-refractivity contribution in [1.82, 2.24) is 0 Å². The number of halogens is 1. The van der Waals surface area contributed by atoms with E-state index < -0.39 is 5.97 Å². The Morgan fingerprint density at radius 3 is 2.73 bits per heavy atom. The van der Waals surface area contributed by atoms with Gasteiger partial charge in [-0.15, -0.1) is 11.6 Å². The van der Waals surface area contributed by atoms with Crippen LogP contribution in [0.25, 0.3) is 0 Å². The van der Waals surface area contributed by atoms with Crippen LogP contribution in [0, 0.1) is 0 Å². The van der Waals surface area contributed by atoms with Gasteiger partial charge in [-0.3, -0.25) is 0 Å². The summed E-state index contributed by atoms with van der Waals surface area (Å²) in [5, 5.41) is 11.7. The van der Waals surface area contributed by atoms with Gasteiger partial charge >= 0.3 is 5.97 Å². The monoisotopic (exact) mass is 227 g/mol. The Balaban J connectivity index is 3.18. The first-order valence-corrected chi connectivity index (χ1v) is 4.72. The summed E-state index contributed by atoms with van der Waals surface area (Å²) in [6.07, 6.45) is 0. The maximum Gasteiger partial charge on any atom is 0.360 e. The highest BCUT2D eigenvalue weighted by atomic mass is 35.5. The highest BCUT2D eigenvalue weighted by Crippen LogP contribution is 2.13. The van der Waals surface area contributed by atoms with E-state index in [9.17, 15) is 4.79 Å². The maximum absolute atomic E-state index is 11.3. The van der Waals surface area contributed by atoms with E-state index in [0.717, 1.165) is 0 Å². The molecule has 0 unspecified atom stereocenters. The van der Waals surface area contributed by atoms with Crippen LogP contribution in [0.5, 0.6) is 0 Å². The number of carbonyl (C=O) groups excluding carboxylic acids is 1. The van der Waals surface area contributed by atoms with E-state index in [1.807, 2.05) is 0 Å². The molecule has 1 N–H and O–H groups in total. The first-order valence-electron chi connectivity index (χ1n) is 4.19. The highest BCUT2D eigenvalue weighted by Gasteiger charge is 2.17. The average Bonchev–Trinajstić information content (AvgIpc) is 2.30. The lowest BCUT2D eigenvalue weighted by atomic mass is 10.0. The van der Waals surface area contributed by atoms with Crippen LogP contribution in [-0.2, 0) is 15.4 Å². The quantitative estimate of drug-likeness (QED) is 0.282. The van der Waals surface area contributed by atoms with E-state index in [1.165, 1.54) is 7.11 Å². The smallest absolute Gasteiger partial charge is 0.360 e. The minimum atomic E-state index is -0.699. The molecule has 4 nitrogen and oxygen atoms in total. The fourth-order valence-electron chi connectivity index (χ4n) is 1.17. The summed E-state index contributed by atoms with van der Waals surface area (Å²) < 4.78 is 4.48. The Hall–Kier alpha value is -1.55. The van der Waals surface area contributed by atoms with Crippen molar-refractivity contribution in [1.29, 1.82) is 0 Å². The van der Waals surface area contributed by atoms with E-state index in [1.54, 1.807) is 24.3 Å². The minimum absolute atomic E-state index is 0.145. The van der Waals surface area contributed by atoms with E-state index >= 15 is 0 Å². The van der Waals surface area contributed by atoms with E-state index in [-0.39, 0.29) is 11.6 Å². The number of hydrogen-bond acceptors (Lipinski definition) is 4. The molecule has 0 radical (unpaired) electrons. The van der Waals surface area contributed by atoms with Crippen molar-refractivity contribution < 1.29 is 14.7 Å². The molecular formula is C10H10ClNO3. The fourth-order valence-corrected chi connectivity index (χ4v) is 1.40. The molecule has 5 heteroatoms. The molecule has 15 heavy (non-hydrogen) atoms. The van der Waals surface area contributed by atoms with Gasteiger partial charge in [0.2, 0.25) is 0 Å². The molecule has 0 heterocycles. The Kier molecular flexibility index (Phi) is 4.12. The number of ether oxygens (including phenoxy) is 1. The molecule has 0 aliphatic rings. The minimum Gasteiger partial charge on any atom is -0.464 e. The number of rotatable bonds is 3.